The fraction of sp³-hybridized carbons (Fsp3) is 0.857. The van der Waals surface area contributed by atoms with E-state index in [0.717, 1.165) is 12.8 Å². The first-order chi connectivity index (χ1) is 13.0. The third-order valence-corrected chi connectivity index (χ3v) is 6.60. The molecule has 5 atom stereocenters. The Hall–Kier alpha value is -1.47. The van der Waals surface area contributed by atoms with Gasteiger partial charge in [-0.1, -0.05) is 13.8 Å². The number of fused-ring (bicyclic) bond motifs is 2. The highest BCUT2D eigenvalue weighted by atomic mass is 16.5. The predicted molar refractivity (Wildman–Crippen MR) is 102 cm³/mol. The van der Waals surface area contributed by atoms with E-state index in [0.29, 0.717) is 19.4 Å². The highest BCUT2D eigenvalue weighted by Gasteiger charge is 2.57. The van der Waals surface area contributed by atoms with Crippen molar-refractivity contribution in [3.63, 3.8) is 0 Å². The summed E-state index contributed by atoms with van der Waals surface area (Å²) in [5.41, 5.74) is -1.01. The first-order valence-corrected chi connectivity index (χ1v) is 10.3. The number of Topliss-reactive ketones (excluding diaryl/α,β-unsaturated/α-hetero) is 1. The quantitative estimate of drug-likeness (QED) is 0.515. The van der Waals surface area contributed by atoms with Gasteiger partial charge in [0.2, 0.25) is 0 Å². The zero-order valence-electron chi connectivity index (χ0n) is 17.4. The number of carbonyl (C=O) groups excluding carboxylic acids is 2. The van der Waals surface area contributed by atoms with Gasteiger partial charge in [-0.25, -0.2) is 0 Å². The lowest BCUT2D eigenvalue weighted by molar-refractivity contribution is -0.158. The molecule has 2 aliphatic rings. The first-order valence-electron chi connectivity index (χ1n) is 10.3. The van der Waals surface area contributed by atoms with E-state index >= 15 is 0 Å². The SMILES string of the molecule is CCC(C)(C)C(=O)OC[C@H]1C[C@@H]2C[C@H](C)[C@@]1(CCC(=O)CC(O)CC(=O)O)O2. The summed E-state index contributed by atoms with van der Waals surface area (Å²) in [4.78, 5) is 35.2. The maximum absolute atomic E-state index is 12.3. The maximum atomic E-state index is 12.3. The van der Waals surface area contributed by atoms with Crippen LogP contribution in [0.4, 0.5) is 0 Å². The van der Waals surface area contributed by atoms with Crippen molar-refractivity contribution in [2.24, 2.45) is 17.3 Å². The molecule has 0 aromatic rings. The zero-order valence-corrected chi connectivity index (χ0v) is 17.4. The summed E-state index contributed by atoms with van der Waals surface area (Å²) in [6.07, 6.45) is 1.55. The molecule has 0 aromatic heterocycles. The van der Waals surface area contributed by atoms with E-state index in [4.69, 9.17) is 14.6 Å². The van der Waals surface area contributed by atoms with Crippen LogP contribution in [0, 0.1) is 17.3 Å². The number of aliphatic carboxylic acids is 1. The van der Waals surface area contributed by atoms with Gasteiger partial charge in [0.15, 0.2) is 0 Å². The minimum atomic E-state index is -1.16. The summed E-state index contributed by atoms with van der Waals surface area (Å²) in [5.74, 6) is -1.20. The van der Waals surface area contributed by atoms with E-state index < -0.39 is 29.5 Å². The first kappa shape index (κ1) is 22.8. The Bertz CT molecular complexity index is 600. The Morgan fingerprint density at radius 1 is 1.25 bits per heavy atom. The molecule has 2 heterocycles. The van der Waals surface area contributed by atoms with Crippen LogP contribution < -0.4 is 0 Å². The molecule has 28 heavy (non-hydrogen) atoms. The van der Waals surface area contributed by atoms with Crippen LogP contribution in [0.25, 0.3) is 0 Å². The zero-order chi connectivity index (χ0) is 21.1. The van der Waals surface area contributed by atoms with E-state index in [1.807, 2.05) is 20.8 Å². The fourth-order valence-corrected chi connectivity index (χ4v) is 4.44. The van der Waals surface area contributed by atoms with Crippen molar-refractivity contribution in [3.05, 3.63) is 0 Å². The van der Waals surface area contributed by atoms with Crippen molar-refractivity contribution in [2.75, 3.05) is 6.61 Å². The second kappa shape index (κ2) is 8.91. The molecule has 7 heteroatoms. The minimum absolute atomic E-state index is 0.0506. The van der Waals surface area contributed by atoms with Gasteiger partial charge in [0, 0.05) is 18.8 Å². The molecule has 1 unspecified atom stereocenters. The molecule has 2 rings (SSSR count). The standard InChI is InChI=1S/C21H34O7/c1-5-20(3,4)19(26)27-12-14-9-17-8-13(2)21(14,28-17)7-6-15(22)10-16(23)11-18(24)25/h13-14,16-17,23H,5-12H2,1-4H3,(H,24,25)/t13-,14+,16?,17-,21+/m0/s1. The van der Waals surface area contributed by atoms with Crippen LogP contribution >= 0.6 is 0 Å². The number of aliphatic hydroxyl groups excluding tert-OH is 1. The molecule has 0 aliphatic carbocycles. The van der Waals surface area contributed by atoms with Crippen molar-refractivity contribution in [2.45, 2.75) is 90.4 Å². The Morgan fingerprint density at radius 3 is 2.50 bits per heavy atom. The van der Waals surface area contributed by atoms with Gasteiger partial charge in [0.25, 0.3) is 0 Å². The molecular weight excluding hydrogens is 364 g/mol. The van der Waals surface area contributed by atoms with Gasteiger partial charge >= 0.3 is 11.9 Å². The van der Waals surface area contributed by atoms with Crippen LogP contribution in [0.5, 0.6) is 0 Å². The van der Waals surface area contributed by atoms with E-state index in [9.17, 15) is 19.5 Å². The summed E-state index contributed by atoms with van der Waals surface area (Å²) in [5, 5.41) is 18.4. The van der Waals surface area contributed by atoms with Crippen LogP contribution in [0.2, 0.25) is 0 Å². The average Bonchev–Trinajstić information content (AvgIpc) is 3.10. The summed E-state index contributed by atoms with van der Waals surface area (Å²) in [7, 11) is 0. The van der Waals surface area contributed by atoms with Crippen LogP contribution in [-0.2, 0) is 23.9 Å². The molecule has 7 nitrogen and oxygen atoms in total. The Labute approximate surface area is 166 Å². The van der Waals surface area contributed by atoms with Crippen LogP contribution in [-0.4, -0.2) is 52.4 Å². The molecule has 2 bridgehead atoms. The number of carboxylic acids is 1. The van der Waals surface area contributed by atoms with Gasteiger partial charge in [-0.05, 0) is 45.4 Å². The number of carboxylic acid groups (broad SMARTS) is 1. The number of hydrogen-bond donors (Lipinski definition) is 2. The van der Waals surface area contributed by atoms with Crippen LogP contribution in [0.15, 0.2) is 0 Å². The molecular formula is C21H34O7. The second-order valence-electron chi connectivity index (χ2n) is 9.09. The molecule has 2 fully saturated rings. The highest BCUT2D eigenvalue weighted by Crippen LogP contribution is 2.53. The number of esters is 1. The van der Waals surface area contributed by atoms with Gasteiger partial charge in [-0.15, -0.1) is 0 Å². The van der Waals surface area contributed by atoms with Crippen molar-refractivity contribution < 1.29 is 34.1 Å². The van der Waals surface area contributed by atoms with Gasteiger partial charge in [0.05, 0.1) is 36.3 Å². The molecule has 2 saturated heterocycles. The van der Waals surface area contributed by atoms with Gasteiger partial charge in [-0.2, -0.15) is 0 Å². The number of rotatable bonds is 11. The lowest BCUT2D eigenvalue weighted by atomic mass is 9.69. The van der Waals surface area contributed by atoms with E-state index in [1.54, 1.807) is 0 Å². The molecule has 2 aliphatic heterocycles. The second-order valence-corrected chi connectivity index (χ2v) is 9.09. The van der Waals surface area contributed by atoms with E-state index in [-0.39, 0.29) is 42.5 Å². The lowest BCUT2D eigenvalue weighted by Gasteiger charge is -2.37. The largest absolute Gasteiger partial charge is 0.481 e. The molecule has 0 spiro atoms. The third kappa shape index (κ3) is 5.11. The molecule has 0 radical (unpaired) electrons. The Balaban J connectivity index is 1.94. The van der Waals surface area contributed by atoms with Crippen molar-refractivity contribution in [1.29, 1.82) is 0 Å². The normalized spacial score (nSPS) is 30.2. The molecule has 160 valence electrons. The summed E-state index contributed by atoms with van der Waals surface area (Å²) >= 11 is 0. The minimum Gasteiger partial charge on any atom is -0.481 e. The van der Waals surface area contributed by atoms with Crippen LogP contribution in [0.1, 0.15) is 72.6 Å². The lowest BCUT2D eigenvalue weighted by Crippen LogP contribution is -2.44. The average molecular weight is 398 g/mol. The topological polar surface area (TPSA) is 110 Å². The predicted octanol–water partition coefficient (Wildman–Crippen LogP) is 2.72. The Kier molecular flexibility index (Phi) is 7.26. The van der Waals surface area contributed by atoms with Gasteiger partial charge in [0.1, 0.15) is 5.78 Å². The maximum Gasteiger partial charge on any atom is 0.311 e. The number of carbonyl (C=O) groups is 3. The molecule has 0 saturated carbocycles. The third-order valence-electron chi connectivity index (χ3n) is 6.60. The van der Waals surface area contributed by atoms with E-state index in [2.05, 4.69) is 6.92 Å². The molecule has 0 amide bonds. The van der Waals surface area contributed by atoms with Crippen molar-refractivity contribution in [3.8, 4) is 0 Å². The number of aliphatic hydroxyl groups is 1. The van der Waals surface area contributed by atoms with Crippen molar-refractivity contribution in [1.82, 2.24) is 0 Å². The number of ketones is 1. The smallest absolute Gasteiger partial charge is 0.311 e. The summed E-state index contributed by atoms with van der Waals surface area (Å²) in [6.45, 7) is 8.08. The molecule has 2 N–H and O–H groups in total. The summed E-state index contributed by atoms with van der Waals surface area (Å²) < 4.78 is 11.9. The number of ether oxygens (including phenoxy) is 2. The monoisotopic (exact) mass is 398 g/mol. The highest BCUT2D eigenvalue weighted by molar-refractivity contribution is 5.80. The Morgan fingerprint density at radius 2 is 1.93 bits per heavy atom. The van der Waals surface area contributed by atoms with Gasteiger partial charge < -0.3 is 19.7 Å². The van der Waals surface area contributed by atoms with Gasteiger partial charge in [-0.3, -0.25) is 14.4 Å². The van der Waals surface area contributed by atoms with Crippen LogP contribution in [0.3, 0.4) is 0 Å². The summed E-state index contributed by atoms with van der Waals surface area (Å²) in [6, 6.07) is 0. The van der Waals surface area contributed by atoms with Crippen molar-refractivity contribution >= 4 is 17.7 Å². The fourth-order valence-electron chi connectivity index (χ4n) is 4.44. The molecule has 0 aromatic carbocycles. The van der Waals surface area contributed by atoms with E-state index in [1.165, 1.54) is 0 Å². The number of hydrogen-bond acceptors (Lipinski definition) is 6.